The topological polar surface area (TPSA) is 165 Å². The zero-order chi connectivity index (χ0) is 35.2. The van der Waals surface area contributed by atoms with Gasteiger partial charge in [-0.15, -0.1) is 0 Å². The largest absolute Gasteiger partial charge is 0.453 e. The third-order valence-electron chi connectivity index (χ3n) is 8.66. The highest BCUT2D eigenvalue weighted by Gasteiger charge is 2.18. The fraction of sp³-hybridized carbons (Fsp3) is 0.297. The predicted molar refractivity (Wildman–Crippen MR) is 192 cm³/mol. The Kier molecular flexibility index (Phi) is 10.2. The third kappa shape index (κ3) is 7.21. The first-order valence-corrected chi connectivity index (χ1v) is 16.7. The maximum Gasteiger partial charge on any atom is 0.407 e. The normalized spacial score (nSPS) is 11.3. The Morgan fingerprint density at radius 2 is 1.24 bits per heavy atom. The zero-order valence-electron chi connectivity index (χ0n) is 28.3. The lowest BCUT2D eigenvalue weighted by Crippen LogP contribution is -2.40. The Balaban J connectivity index is 1.24. The van der Waals surface area contributed by atoms with Gasteiger partial charge in [-0.2, -0.15) is 0 Å². The van der Waals surface area contributed by atoms with E-state index in [1.165, 1.54) is 7.11 Å². The highest BCUT2D eigenvalue weighted by Crippen LogP contribution is 2.32. The number of aromatic nitrogens is 4. The fourth-order valence-electron chi connectivity index (χ4n) is 6.29. The van der Waals surface area contributed by atoms with Crippen LogP contribution in [0.15, 0.2) is 60.7 Å². The van der Waals surface area contributed by atoms with Gasteiger partial charge in [-0.25, -0.2) is 14.8 Å². The second-order valence-electron chi connectivity index (χ2n) is 12.1. The average Bonchev–Trinajstić information content (AvgIpc) is 3.75. The Hall–Kier alpha value is -5.98. The summed E-state index contributed by atoms with van der Waals surface area (Å²) < 4.78 is 4.58. The summed E-state index contributed by atoms with van der Waals surface area (Å²) in [6.07, 6.45) is 1.44. The van der Waals surface area contributed by atoms with Crippen LogP contribution in [0.3, 0.4) is 0 Å². The number of carbonyl (C=O) groups is 4. The Morgan fingerprint density at radius 3 is 1.70 bits per heavy atom. The molecule has 13 heteroatoms. The number of amides is 4. The van der Waals surface area contributed by atoms with Crippen molar-refractivity contribution in [1.29, 1.82) is 0 Å². The van der Waals surface area contributed by atoms with Crippen molar-refractivity contribution in [3.63, 3.8) is 0 Å². The predicted octanol–water partition coefficient (Wildman–Crippen LogP) is 4.99. The van der Waals surface area contributed by atoms with E-state index in [0.29, 0.717) is 44.2 Å². The first-order chi connectivity index (χ1) is 24.3. The zero-order valence-corrected chi connectivity index (χ0v) is 28.3. The third-order valence-corrected chi connectivity index (χ3v) is 8.66. The summed E-state index contributed by atoms with van der Waals surface area (Å²) in [4.78, 5) is 67.3. The molecule has 0 aliphatic carbocycles. The molecule has 0 aliphatic heterocycles. The van der Waals surface area contributed by atoms with Crippen LogP contribution in [0, 0.1) is 0 Å². The van der Waals surface area contributed by atoms with Crippen LogP contribution in [0.2, 0.25) is 0 Å². The van der Waals surface area contributed by atoms with Gasteiger partial charge in [0.2, 0.25) is 18.2 Å². The van der Waals surface area contributed by atoms with Crippen LogP contribution in [0.25, 0.3) is 54.7 Å². The number of alkyl carbamates (subject to hydrolysis) is 1. The van der Waals surface area contributed by atoms with Crippen LogP contribution >= 0.6 is 0 Å². The van der Waals surface area contributed by atoms with Crippen LogP contribution < -0.4 is 10.6 Å². The smallest absolute Gasteiger partial charge is 0.407 e. The second-order valence-corrected chi connectivity index (χ2v) is 12.1. The number of rotatable bonds is 14. The Morgan fingerprint density at radius 1 is 0.740 bits per heavy atom. The molecule has 0 saturated carbocycles. The van der Waals surface area contributed by atoms with Gasteiger partial charge in [-0.1, -0.05) is 50.2 Å². The Bertz CT molecular complexity index is 2210. The minimum Gasteiger partial charge on any atom is -0.453 e. The van der Waals surface area contributed by atoms with E-state index >= 15 is 0 Å². The molecule has 13 nitrogen and oxygen atoms in total. The van der Waals surface area contributed by atoms with Gasteiger partial charge in [-0.05, 0) is 59.0 Å². The van der Waals surface area contributed by atoms with Crippen LogP contribution in [0.4, 0.5) is 4.79 Å². The van der Waals surface area contributed by atoms with E-state index in [9.17, 15) is 19.2 Å². The average molecular weight is 677 g/mol. The molecule has 4 N–H and O–H groups in total. The van der Waals surface area contributed by atoms with Gasteiger partial charge in [0, 0.05) is 23.9 Å². The molecular formula is C37H40N8O5. The van der Waals surface area contributed by atoms with Crippen molar-refractivity contribution < 1.29 is 23.9 Å². The fourth-order valence-corrected chi connectivity index (χ4v) is 6.29. The molecule has 50 heavy (non-hydrogen) atoms. The molecule has 0 bridgehead atoms. The molecule has 258 valence electrons. The van der Waals surface area contributed by atoms with Crippen LogP contribution in [0.5, 0.6) is 0 Å². The molecule has 0 atom stereocenters. The highest BCUT2D eigenvalue weighted by atomic mass is 16.5. The maximum atomic E-state index is 12.8. The van der Waals surface area contributed by atoms with Gasteiger partial charge in [0.15, 0.2) is 0 Å². The van der Waals surface area contributed by atoms with E-state index in [1.54, 1.807) is 9.80 Å². The number of methoxy groups -OCH3 is 1. The summed E-state index contributed by atoms with van der Waals surface area (Å²) in [5.41, 5.74) is 5.58. The quantitative estimate of drug-likeness (QED) is 0.118. The molecule has 2 aromatic heterocycles. The molecule has 6 rings (SSSR count). The van der Waals surface area contributed by atoms with E-state index in [0.717, 1.165) is 67.6 Å². The first-order valence-electron chi connectivity index (χ1n) is 16.7. The lowest BCUT2D eigenvalue weighted by Gasteiger charge is -2.21. The lowest BCUT2D eigenvalue weighted by atomic mass is 9.98. The van der Waals surface area contributed by atoms with Gasteiger partial charge < -0.3 is 35.1 Å². The molecule has 6 aromatic rings. The molecule has 4 amide bonds. The highest BCUT2D eigenvalue weighted by molar-refractivity contribution is 6.07. The monoisotopic (exact) mass is 676 g/mol. The molecule has 2 heterocycles. The molecule has 4 aromatic carbocycles. The van der Waals surface area contributed by atoms with E-state index in [-0.39, 0.29) is 24.9 Å². The van der Waals surface area contributed by atoms with Crippen LogP contribution in [-0.2, 0) is 32.2 Å². The minimum absolute atomic E-state index is 0.0447. The summed E-state index contributed by atoms with van der Waals surface area (Å²) >= 11 is 0. The Labute approximate surface area is 288 Å². The SMILES string of the molecule is CCCN(Cc1nc2ccc3cc(-c4ccc5c(ccc6nc(CN(CCC)C(=O)CNC(=O)OC)[nH]c65)c4)ccc3c2[nH]1)C(=O)CNC=O. The number of ether oxygens (including phenoxy) is 1. The van der Waals surface area contributed by atoms with Gasteiger partial charge >= 0.3 is 6.09 Å². The number of benzene rings is 4. The molecule has 0 spiro atoms. The van der Waals surface area contributed by atoms with Gasteiger partial charge in [-0.3, -0.25) is 14.4 Å². The van der Waals surface area contributed by atoms with E-state index in [4.69, 9.17) is 9.97 Å². The standard InChI is InChI=1S/C37H40N8O5/c1-4-14-44(33(47)18-38-22-46)20-31-40-29-12-8-25-16-23(6-10-27(25)35(29)42-31)24-7-11-28-26(17-24)9-13-30-36(28)43-32(41-30)21-45(15-5-2)34(48)19-39-37(49)50-3/h6-13,16-17,22H,4-5,14-15,18-21H2,1-3H3,(H,38,46)(H,39,49)(H,40,42)(H,41,43). The van der Waals surface area contributed by atoms with E-state index in [1.807, 2.05) is 26.0 Å². The summed E-state index contributed by atoms with van der Waals surface area (Å²) in [6, 6.07) is 20.8. The number of nitrogens with zero attached hydrogens (tertiary/aromatic N) is 4. The van der Waals surface area contributed by atoms with Crippen molar-refractivity contribution in [2.75, 3.05) is 33.3 Å². The lowest BCUT2D eigenvalue weighted by molar-refractivity contribution is -0.132. The number of hydrogen-bond acceptors (Lipinski definition) is 7. The van der Waals surface area contributed by atoms with Crippen molar-refractivity contribution in [1.82, 2.24) is 40.4 Å². The van der Waals surface area contributed by atoms with Crippen molar-refractivity contribution in [3.8, 4) is 11.1 Å². The first kappa shape index (κ1) is 33.9. The second kappa shape index (κ2) is 15.1. The number of fused-ring (bicyclic) bond motifs is 6. The van der Waals surface area contributed by atoms with Gasteiger partial charge in [0.1, 0.15) is 18.2 Å². The van der Waals surface area contributed by atoms with Gasteiger partial charge in [0.25, 0.3) is 0 Å². The summed E-state index contributed by atoms with van der Waals surface area (Å²) in [6.45, 7) is 5.52. The molecule has 0 fully saturated rings. The molecule has 0 saturated heterocycles. The van der Waals surface area contributed by atoms with E-state index in [2.05, 4.69) is 73.9 Å². The van der Waals surface area contributed by atoms with E-state index < -0.39 is 6.09 Å². The molecule has 0 unspecified atom stereocenters. The maximum absolute atomic E-state index is 12.8. The number of aromatic amines is 2. The number of carbonyl (C=O) groups excluding carboxylic acids is 4. The van der Waals surface area contributed by atoms with Crippen LogP contribution in [0.1, 0.15) is 38.3 Å². The molecular weight excluding hydrogens is 636 g/mol. The van der Waals surface area contributed by atoms with Crippen molar-refractivity contribution in [2.45, 2.75) is 39.8 Å². The minimum atomic E-state index is -0.649. The van der Waals surface area contributed by atoms with Crippen molar-refractivity contribution in [3.05, 3.63) is 72.3 Å². The van der Waals surface area contributed by atoms with Crippen molar-refractivity contribution >= 4 is 67.9 Å². The summed E-state index contributed by atoms with van der Waals surface area (Å²) in [5.74, 6) is 0.980. The van der Waals surface area contributed by atoms with Crippen LogP contribution in [-0.4, -0.2) is 87.3 Å². The van der Waals surface area contributed by atoms with Crippen molar-refractivity contribution in [2.24, 2.45) is 0 Å². The molecule has 0 aliphatic rings. The number of nitrogens with one attached hydrogen (secondary N) is 4. The summed E-state index contributed by atoms with van der Waals surface area (Å²) in [7, 11) is 1.26. The number of hydrogen-bond donors (Lipinski definition) is 4. The molecule has 0 radical (unpaired) electrons. The number of H-pyrrole nitrogens is 2. The summed E-state index contributed by atoms with van der Waals surface area (Å²) in [5, 5.41) is 9.07. The number of imidazole rings is 2. The van der Waals surface area contributed by atoms with Gasteiger partial charge in [0.05, 0.1) is 48.8 Å².